The van der Waals surface area contributed by atoms with Gasteiger partial charge in [-0.05, 0) is 55.4 Å². The molecule has 29 heavy (non-hydrogen) atoms. The maximum Gasteiger partial charge on any atom is 0.303 e. The highest BCUT2D eigenvalue weighted by molar-refractivity contribution is 5.68. The van der Waals surface area contributed by atoms with E-state index < -0.39 is 17.8 Å². The SMILES string of the molecule is C=C[C@](C)(O)CC[C@]1(C)C2=C([C@H](OC(C)=O)[C@@H](OC(C)=O)[C@H]1C)C(C)(C)CCC2. The van der Waals surface area contributed by atoms with Gasteiger partial charge >= 0.3 is 11.9 Å². The number of esters is 2. The van der Waals surface area contributed by atoms with Crippen molar-refractivity contribution in [2.45, 2.75) is 98.4 Å². The zero-order valence-electron chi connectivity index (χ0n) is 19.1. The Morgan fingerprint density at radius 2 is 1.83 bits per heavy atom. The molecule has 164 valence electrons. The molecule has 0 saturated heterocycles. The fourth-order valence-electron chi connectivity index (χ4n) is 5.25. The van der Waals surface area contributed by atoms with Crippen LogP contribution in [-0.2, 0) is 19.1 Å². The summed E-state index contributed by atoms with van der Waals surface area (Å²) in [7, 11) is 0. The van der Waals surface area contributed by atoms with Crippen molar-refractivity contribution >= 4 is 11.9 Å². The van der Waals surface area contributed by atoms with E-state index in [1.165, 1.54) is 19.4 Å². The summed E-state index contributed by atoms with van der Waals surface area (Å²) in [5, 5.41) is 10.5. The lowest BCUT2D eigenvalue weighted by Crippen LogP contribution is -2.55. The van der Waals surface area contributed by atoms with Crippen LogP contribution < -0.4 is 0 Å². The van der Waals surface area contributed by atoms with Crippen molar-refractivity contribution in [1.29, 1.82) is 0 Å². The average Bonchev–Trinajstić information content (AvgIpc) is 2.60. The minimum absolute atomic E-state index is 0.0657. The second-order valence-electron chi connectivity index (χ2n) is 10.0. The van der Waals surface area contributed by atoms with E-state index in [4.69, 9.17) is 9.47 Å². The first-order valence-corrected chi connectivity index (χ1v) is 10.7. The third-order valence-electron chi connectivity index (χ3n) is 7.24. The standard InChI is InChI=1S/C24H38O5/c1-9-23(7,27)13-14-24(8)15(2)20(28-16(3)25)21(29-17(4)26)19-18(24)11-10-12-22(19,5)6/h9,15,20-21,27H,1,10-14H2,2-8H3/t15-,20+,21+,23+,24+/m1/s1. The average molecular weight is 407 g/mol. The molecule has 2 rings (SSSR count). The highest BCUT2D eigenvalue weighted by Gasteiger charge is 2.55. The third-order valence-corrected chi connectivity index (χ3v) is 7.24. The Hall–Kier alpha value is -1.62. The summed E-state index contributed by atoms with van der Waals surface area (Å²) in [5.74, 6) is -0.813. The normalized spacial score (nSPS) is 33.3. The molecule has 0 saturated carbocycles. The van der Waals surface area contributed by atoms with Crippen molar-refractivity contribution < 1.29 is 24.2 Å². The van der Waals surface area contributed by atoms with Crippen LogP contribution in [0.15, 0.2) is 23.8 Å². The van der Waals surface area contributed by atoms with Gasteiger partial charge in [0.25, 0.3) is 0 Å². The van der Waals surface area contributed by atoms with E-state index in [1.54, 1.807) is 13.0 Å². The molecular weight excluding hydrogens is 368 g/mol. The van der Waals surface area contributed by atoms with Gasteiger partial charge < -0.3 is 14.6 Å². The van der Waals surface area contributed by atoms with Gasteiger partial charge in [-0.3, -0.25) is 9.59 Å². The molecule has 0 aliphatic heterocycles. The van der Waals surface area contributed by atoms with Crippen molar-refractivity contribution in [2.75, 3.05) is 0 Å². The fourth-order valence-corrected chi connectivity index (χ4v) is 5.25. The summed E-state index contributed by atoms with van der Waals surface area (Å²) in [4.78, 5) is 23.9. The van der Waals surface area contributed by atoms with Gasteiger partial charge in [-0.2, -0.15) is 0 Å². The van der Waals surface area contributed by atoms with Crippen LogP contribution in [0.25, 0.3) is 0 Å². The zero-order chi connectivity index (χ0) is 22.2. The molecule has 0 bridgehead atoms. The number of carbonyl (C=O) groups excluding carboxylic acids is 2. The number of aliphatic hydroxyl groups is 1. The van der Waals surface area contributed by atoms with Crippen molar-refractivity contribution in [3.05, 3.63) is 23.8 Å². The molecule has 0 fully saturated rings. The molecule has 1 N–H and O–H groups in total. The summed E-state index contributed by atoms with van der Waals surface area (Å²) in [6.45, 7) is 16.9. The smallest absolute Gasteiger partial charge is 0.303 e. The summed E-state index contributed by atoms with van der Waals surface area (Å²) < 4.78 is 11.6. The molecule has 0 radical (unpaired) electrons. The first kappa shape index (κ1) is 23.7. The zero-order valence-corrected chi connectivity index (χ0v) is 19.1. The van der Waals surface area contributed by atoms with Crippen LogP contribution in [0, 0.1) is 16.7 Å². The molecule has 0 heterocycles. The maximum atomic E-state index is 12.0. The van der Waals surface area contributed by atoms with Gasteiger partial charge in [0, 0.05) is 19.8 Å². The highest BCUT2D eigenvalue weighted by atomic mass is 16.6. The van der Waals surface area contributed by atoms with Crippen LogP contribution in [0.5, 0.6) is 0 Å². The summed E-state index contributed by atoms with van der Waals surface area (Å²) in [6, 6.07) is 0. The largest absolute Gasteiger partial charge is 0.458 e. The molecule has 2 aliphatic rings. The van der Waals surface area contributed by atoms with Gasteiger partial charge in [0.2, 0.25) is 0 Å². The van der Waals surface area contributed by atoms with Gasteiger partial charge in [0.15, 0.2) is 6.10 Å². The lowest BCUT2D eigenvalue weighted by atomic mass is 9.53. The number of allylic oxidation sites excluding steroid dienone is 1. The highest BCUT2D eigenvalue weighted by Crippen LogP contribution is 2.58. The monoisotopic (exact) mass is 406 g/mol. The van der Waals surface area contributed by atoms with E-state index in [0.717, 1.165) is 31.3 Å². The van der Waals surface area contributed by atoms with E-state index in [9.17, 15) is 14.7 Å². The van der Waals surface area contributed by atoms with Crippen LogP contribution >= 0.6 is 0 Å². The lowest BCUT2D eigenvalue weighted by Gasteiger charge is -2.54. The van der Waals surface area contributed by atoms with Gasteiger partial charge in [0.1, 0.15) is 6.10 Å². The number of hydrogen-bond acceptors (Lipinski definition) is 5. The molecule has 0 aromatic rings. The lowest BCUT2D eigenvalue weighted by molar-refractivity contribution is -0.174. The second-order valence-corrected chi connectivity index (χ2v) is 10.0. The minimum atomic E-state index is -0.961. The Kier molecular flexibility index (Phi) is 6.73. The van der Waals surface area contributed by atoms with E-state index >= 15 is 0 Å². The van der Waals surface area contributed by atoms with Crippen LogP contribution in [0.3, 0.4) is 0 Å². The van der Waals surface area contributed by atoms with Crippen molar-refractivity contribution in [3.63, 3.8) is 0 Å². The summed E-state index contributed by atoms with van der Waals surface area (Å²) >= 11 is 0. The van der Waals surface area contributed by atoms with E-state index in [1.807, 2.05) is 0 Å². The first-order valence-electron chi connectivity index (χ1n) is 10.7. The van der Waals surface area contributed by atoms with Crippen molar-refractivity contribution in [3.8, 4) is 0 Å². The van der Waals surface area contributed by atoms with Crippen molar-refractivity contribution in [2.24, 2.45) is 16.7 Å². The Labute approximate surface area is 175 Å². The van der Waals surface area contributed by atoms with Gasteiger partial charge in [0.05, 0.1) is 5.60 Å². The number of ether oxygens (including phenoxy) is 2. The molecule has 5 nitrogen and oxygen atoms in total. The molecule has 0 amide bonds. The molecule has 5 atom stereocenters. The molecule has 2 aliphatic carbocycles. The Morgan fingerprint density at radius 3 is 2.34 bits per heavy atom. The number of hydrogen-bond donors (Lipinski definition) is 1. The fraction of sp³-hybridized carbons (Fsp3) is 0.750. The van der Waals surface area contributed by atoms with Crippen LogP contribution in [0.2, 0.25) is 0 Å². The first-order chi connectivity index (χ1) is 13.2. The maximum absolute atomic E-state index is 12.0. The molecule has 0 spiro atoms. The predicted molar refractivity (Wildman–Crippen MR) is 113 cm³/mol. The van der Waals surface area contributed by atoms with E-state index in [-0.39, 0.29) is 28.7 Å². The molecule has 5 heteroatoms. The molecular formula is C24H38O5. The summed E-state index contributed by atoms with van der Waals surface area (Å²) in [6.07, 6.45) is 4.74. The molecule has 0 aromatic carbocycles. The Bertz CT molecular complexity index is 702. The van der Waals surface area contributed by atoms with Gasteiger partial charge in [-0.25, -0.2) is 0 Å². The second kappa shape index (κ2) is 8.25. The van der Waals surface area contributed by atoms with Gasteiger partial charge in [-0.15, -0.1) is 6.58 Å². The predicted octanol–water partition coefficient (Wildman–Crippen LogP) is 4.73. The van der Waals surface area contributed by atoms with Crippen LogP contribution in [0.4, 0.5) is 0 Å². The topological polar surface area (TPSA) is 72.8 Å². The molecule has 0 unspecified atom stereocenters. The number of carbonyl (C=O) groups is 2. The van der Waals surface area contributed by atoms with E-state index in [2.05, 4.69) is 34.3 Å². The quantitative estimate of drug-likeness (QED) is 0.510. The Balaban J connectivity index is 2.64. The van der Waals surface area contributed by atoms with Crippen LogP contribution in [0.1, 0.15) is 80.6 Å². The van der Waals surface area contributed by atoms with Gasteiger partial charge in [-0.1, -0.05) is 39.3 Å². The van der Waals surface area contributed by atoms with Crippen LogP contribution in [-0.4, -0.2) is 34.9 Å². The number of rotatable bonds is 6. The van der Waals surface area contributed by atoms with E-state index in [0.29, 0.717) is 6.42 Å². The minimum Gasteiger partial charge on any atom is -0.458 e. The van der Waals surface area contributed by atoms with Crippen molar-refractivity contribution in [1.82, 2.24) is 0 Å². The summed E-state index contributed by atoms with van der Waals surface area (Å²) in [5.41, 5.74) is 1.00. The third kappa shape index (κ3) is 4.76. The Morgan fingerprint density at radius 1 is 1.24 bits per heavy atom. The molecule has 0 aromatic heterocycles.